The van der Waals surface area contributed by atoms with Crippen molar-refractivity contribution in [2.75, 3.05) is 17.7 Å². The normalized spacial score (nSPS) is 11.0. The SMILES string of the molecule is CNc1ncc(F)c(NC(C)(C)C(N)=O)n1. The molecule has 4 N–H and O–H groups in total. The first-order chi connectivity index (χ1) is 7.36. The third-order valence-corrected chi connectivity index (χ3v) is 2.01. The number of nitrogens with two attached hydrogens (primary N) is 1. The molecule has 1 aromatic rings. The van der Waals surface area contributed by atoms with E-state index in [1.54, 1.807) is 7.05 Å². The zero-order chi connectivity index (χ0) is 12.3. The van der Waals surface area contributed by atoms with Crippen molar-refractivity contribution in [3.8, 4) is 0 Å². The van der Waals surface area contributed by atoms with Gasteiger partial charge in [-0.15, -0.1) is 0 Å². The molecule has 0 saturated heterocycles. The summed E-state index contributed by atoms with van der Waals surface area (Å²) in [6.45, 7) is 3.08. The third kappa shape index (κ3) is 2.56. The second-order valence-electron chi connectivity index (χ2n) is 3.75. The van der Waals surface area contributed by atoms with Gasteiger partial charge < -0.3 is 16.4 Å². The van der Waals surface area contributed by atoms with E-state index in [0.29, 0.717) is 0 Å². The molecule has 88 valence electrons. The number of hydrogen-bond acceptors (Lipinski definition) is 5. The average Bonchev–Trinajstić information content (AvgIpc) is 2.21. The van der Waals surface area contributed by atoms with Gasteiger partial charge in [0.15, 0.2) is 11.6 Å². The molecule has 0 spiro atoms. The van der Waals surface area contributed by atoms with Crippen LogP contribution in [0.1, 0.15) is 13.8 Å². The van der Waals surface area contributed by atoms with Gasteiger partial charge in [-0.25, -0.2) is 9.37 Å². The topological polar surface area (TPSA) is 92.9 Å². The van der Waals surface area contributed by atoms with Gasteiger partial charge in [0, 0.05) is 7.05 Å². The van der Waals surface area contributed by atoms with Gasteiger partial charge in [0.2, 0.25) is 11.9 Å². The quantitative estimate of drug-likeness (QED) is 0.689. The highest BCUT2D eigenvalue weighted by Gasteiger charge is 2.26. The van der Waals surface area contributed by atoms with E-state index in [9.17, 15) is 9.18 Å². The summed E-state index contributed by atoms with van der Waals surface area (Å²) in [7, 11) is 1.61. The summed E-state index contributed by atoms with van der Waals surface area (Å²) in [6.07, 6.45) is 1.01. The van der Waals surface area contributed by atoms with Gasteiger partial charge in [-0.05, 0) is 13.8 Å². The van der Waals surface area contributed by atoms with Crippen molar-refractivity contribution in [3.05, 3.63) is 12.0 Å². The van der Waals surface area contributed by atoms with Crippen LogP contribution in [-0.4, -0.2) is 28.5 Å². The number of primary amides is 1. The summed E-state index contributed by atoms with van der Waals surface area (Å²) < 4.78 is 13.3. The number of hydrogen-bond donors (Lipinski definition) is 3. The van der Waals surface area contributed by atoms with E-state index in [0.717, 1.165) is 6.20 Å². The second kappa shape index (κ2) is 4.30. The summed E-state index contributed by atoms with van der Waals surface area (Å²) in [6, 6.07) is 0. The van der Waals surface area contributed by atoms with Crippen molar-refractivity contribution in [2.45, 2.75) is 19.4 Å². The van der Waals surface area contributed by atoms with Crippen LogP contribution in [0.2, 0.25) is 0 Å². The van der Waals surface area contributed by atoms with Crippen molar-refractivity contribution < 1.29 is 9.18 Å². The Kier molecular flexibility index (Phi) is 3.26. The van der Waals surface area contributed by atoms with Gasteiger partial charge >= 0.3 is 0 Å². The van der Waals surface area contributed by atoms with Crippen LogP contribution in [0.3, 0.4) is 0 Å². The maximum absolute atomic E-state index is 13.3. The maximum atomic E-state index is 13.3. The number of aromatic nitrogens is 2. The van der Waals surface area contributed by atoms with Crippen LogP contribution in [0.15, 0.2) is 6.20 Å². The predicted octanol–water partition coefficient (Wildman–Crippen LogP) is 0.333. The first kappa shape index (κ1) is 12.2. The number of carbonyl (C=O) groups excluding carboxylic acids is 1. The average molecular weight is 227 g/mol. The van der Waals surface area contributed by atoms with Crippen molar-refractivity contribution in [3.63, 3.8) is 0 Å². The molecule has 1 amide bonds. The monoisotopic (exact) mass is 227 g/mol. The number of halogens is 1. The highest BCUT2D eigenvalue weighted by Crippen LogP contribution is 2.16. The number of carbonyl (C=O) groups is 1. The fraction of sp³-hybridized carbons (Fsp3) is 0.444. The van der Waals surface area contributed by atoms with Crippen molar-refractivity contribution in [1.29, 1.82) is 0 Å². The Balaban J connectivity index is 3.00. The number of amides is 1. The number of nitrogens with one attached hydrogen (secondary N) is 2. The largest absolute Gasteiger partial charge is 0.368 e. The molecule has 0 aliphatic heterocycles. The smallest absolute Gasteiger partial charge is 0.242 e. The molecule has 1 heterocycles. The van der Waals surface area contributed by atoms with Gasteiger partial charge in [0.1, 0.15) is 5.54 Å². The Hall–Kier alpha value is -1.92. The van der Waals surface area contributed by atoms with E-state index in [-0.39, 0.29) is 11.8 Å². The van der Waals surface area contributed by atoms with Gasteiger partial charge in [-0.1, -0.05) is 0 Å². The fourth-order valence-electron chi connectivity index (χ4n) is 0.933. The van der Waals surface area contributed by atoms with Crippen LogP contribution in [0.5, 0.6) is 0 Å². The Morgan fingerprint density at radius 2 is 2.19 bits per heavy atom. The molecule has 0 unspecified atom stereocenters. The summed E-state index contributed by atoms with van der Waals surface area (Å²) >= 11 is 0. The zero-order valence-electron chi connectivity index (χ0n) is 9.34. The molecule has 1 rings (SSSR count). The lowest BCUT2D eigenvalue weighted by atomic mass is 10.1. The Morgan fingerprint density at radius 3 is 2.69 bits per heavy atom. The van der Waals surface area contributed by atoms with E-state index in [1.165, 1.54) is 13.8 Å². The van der Waals surface area contributed by atoms with Crippen molar-refractivity contribution in [1.82, 2.24) is 9.97 Å². The number of nitrogens with zero attached hydrogens (tertiary/aromatic N) is 2. The molecular weight excluding hydrogens is 213 g/mol. The van der Waals surface area contributed by atoms with Crippen LogP contribution in [-0.2, 0) is 4.79 Å². The summed E-state index contributed by atoms with van der Waals surface area (Å²) in [5.74, 6) is -1.06. The zero-order valence-corrected chi connectivity index (χ0v) is 9.34. The van der Waals surface area contributed by atoms with Crippen LogP contribution < -0.4 is 16.4 Å². The lowest BCUT2D eigenvalue weighted by Gasteiger charge is -2.23. The lowest BCUT2D eigenvalue weighted by molar-refractivity contribution is -0.121. The Morgan fingerprint density at radius 1 is 1.56 bits per heavy atom. The molecular formula is C9H14FN5O. The highest BCUT2D eigenvalue weighted by molar-refractivity contribution is 5.86. The van der Waals surface area contributed by atoms with Crippen molar-refractivity contribution in [2.24, 2.45) is 5.73 Å². The van der Waals surface area contributed by atoms with Gasteiger partial charge in [-0.2, -0.15) is 4.98 Å². The third-order valence-electron chi connectivity index (χ3n) is 2.01. The van der Waals surface area contributed by atoms with E-state index < -0.39 is 17.3 Å². The highest BCUT2D eigenvalue weighted by atomic mass is 19.1. The number of rotatable bonds is 4. The summed E-state index contributed by atoms with van der Waals surface area (Å²) in [5, 5.41) is 5.28. The van der Waals surface area contributed by atoms with Gasteiger partial charge in [0.25, 0.3) is 0 Å². The maximum Gasteiger partial charge on any atom is 0.242 e. The predicted molar refractivity (Wildman–Crippen MR) is 58.4 cm³/mol. The first-order valence-electron chi connectivity index (χ1n) is 4.65. The van der Waals surface area contributed by atoms with E-state index in [1.807, 2.05) is 0 Å². The molecule has 0 aromatic carbocycles. The fourth-order valence-corrected chi connectivity index (χ4v) is 0.933. The molecule has 0 atom stereocenters. The Labute approximate surface area is 92.5 Å². The summed E-state index contributed by atoms with van der Waals surface area (Å²) in [4.78, 5) is 18.6. The molecule has 0 bridgehead atoms. The molecule has 0 aliphatic carbocycles. The van der Waals surface area contributed by atoms with Gasteiger partial charge in [0.05, 0.1) is 6.20 Å². The molecule has 0 saturated carbocycles. The standard InChI is InChI=1S/C9H14FN5O/c1-9(2,7(11)16)15-6-5(10)4-13-8(12-3)14-6/h4H,1-3H3,(H2,11,16)(H2,12,13,14,15). The minimum Gasteiger partial charge on any atom is -0.368 e. The minimum absolute atomic E-state index is 0.0665. The molecule has 7 heteroatoms. The van der Waals surface area contributed by atoms with Crippen LogP contribution in [0, 0.1) is 5.82 Å². The van der Waals surface area contributed by atoms with E-state index in [4.69, 9.17) is 5.73 Å². The molecule has 16 heavy (non-hydrogen) atoms. The molecule has 0 radical (unpaired) electrons. The number of anilines is 2. The van der Waals surface area contributed by atoms with Crippen LogP contribution in [0.4, 0.5) is 16.2 Å². The van der Waals surface area contributed by atoms with E-state index in [2.05, 4.69) is 20.6 Å². The summed E-state index contributed by atoms with van der Waals surface area (Å²) in [5.41, 5.74) is 4.07. The minimum atomic E-state index is -1.08. The second-order valence-corrected chi connectivity index (χ2v) is 3.75. The van der Waals surface area contributed by atoms with Crippen LogP contribution >= 0.6 is 0 Å². The lowest BCUT2D eigenvalue weighted by Crippen LogP contribution is -2.45. The van der Waals surface area contributed by atoms with Gasteiger partial charge in [-0.3, -0.25) is 4.79 Å². The molecule has 0 fully saturated rings. The van der Waals surface area contributed by atoms with E-state index >= 15 is 0 Å². The van der Waals surface area contributed by atoms with Crippen LogP contribution in [0.25, 0.3) is 0 Å². The van der Waals surface area contributed by atoms with Crippen molar-refractivity contribution >= 4 is 17.7 Å². The molecule has 0 aliphatic rings. The molecule has 1 aromatic heterocycles. The molecule has 6 nitrogen and oxygen atoms in total. The Bertz CT molecular complexity index is 407. The first-order valence-corrected chi connectivity index (χ1v) is 4.65.